The summed E-state index contributed by atoms with van der Waals surface area (Å²) in [5, 5.41) is 0. The van der Waals surface area contributed by atoms with E-state index in [9.17, 15) is 39.6 Å². The summed E-state index contributed by atoms with van der Waals surface area (Å²) in [5.74, 6) is -7.24. The zero-order chi connectivity index (χ0) is 22.4. The minimum atomic E-state index is -6.35. The number of hydrogen-bond acceptors (Lipinski definition) is 6. The van der Waals surface area contributed by atoms with E-state index in [2.05, 4.69) is 4.74 Å². The molecule has 1 heterocycles. The Labute approximate surface area is 166 Å². The molecular formula is C16H18F6O7S. The second-order valence-corrected chi connectivity index (χ2v) is 9.96. The van der Waals surface area contributed by atoms with Crippen LogP contribution >= 0.6 is 0 Å². The molecular weight excluding hydrogens is 450 g/mol. The van der Waals surface area contributed by atoms with Gasteiger partial charge in [-0.25, -0.2) is 0 Å². The molecule has 5 fully saturated rings. The van der Waals surface area contributed by atoms with Crippen molar-refractivity contribution >= 4 is 16.1 Å². The Bertz CT molecular complexity index is 833. The summed E-state index contributed by atoms with van der Waals surface area (Å²) < 4.78 is 128. The second-order valence-electron chi connectivity index (χ2n) is 8.51. The molecule has 0 aromatic carbocycles. The summed E-state index contributed by atoms with van der Waals surface area (Å²) in [6, 6.07) is 0. The number of alkyl halides is 6. The number of ether oxygens (including phenoxy) is 3. The lowest BCUT2D eigenvalue weighted by atomic mass is 9.75. The van der Waals surface area contributed by atoms with Crippen molar-refractivity contribution in [3.8, 4) is 0 Å². The van der Waals surface area contributed by atoms with Gasteiger partial charge in [0.15, 0.2) is 5.79 Å². The first-order valence-electron chi connectivity index (χ1n) is 9.16. The van der Waals surface area contributed by atoms with E-state index in [1.54, 1.807) is 0 Å². The number of esters is 1. The minimum absolute atomic E-state index is 0.000854. The van der Waals surface area contributed by atoms with Crippen molar-refractivity contribution in [1.82, 2.24) is 0 Å². The van der Waals surface area contributed by atoms with Crippen LogP contribution in [0.3, 0.4) is 0 Å². The molecule has 172 valence electrons. The fourth-order valence-electron chi connectivity index (χ4n) is 5.95. The van der Waals surface area contributed by atoms with E-state index in [0.717, 1.165) is 0 Å². The Kier molecular flexibility index (Phi) is 4.58. The highest BCUT2D eigenvalue weighted by Gasteiger charge is 2.80. The molecule has 4 unspecified atom stereocenters. The zero-order valence-electron chi connectivity index (χ0n) is 15.3. The summed E-state index contributed by atoms with van der Waals surface area (Å²) in [6.07, 6.45) is -11.9. The van der Waals surface area contributed by atoms with Gasteiger partial charge in [-0.2, -0.15) is 34.8 Å². The monoisotopic (exact) mass is 468 g/mol. The van der Waals surface area contributed by atoms with Gasteiger partial charge < -0.3 is 14.2 Å². The van der Waals surface area contributed by atoms with Crippen LogP contribution in [0.25, 0.3) is 0 Å². The van der Waals surface area contributed by atoms with Crippen LogP contribution in [0.2, 0.25) is 0 Å². The number of halogens is 6. The number of rotatable bonds is 4. The van der Waals surface area contributed by atoms with Gasteiger partial charge in [-0.15, -0.1) is 0 Å². The van der Waals surface area contributed by atoms with Crippen molar-refractivity contribution < 1.29 is 58.3 Å². The third kappa shape index (κ3) is 2.89. The summed E-state index contributed by atoms with van der Waals surface area (Å²) in [4.78, 5) is 12.9. The Hall–Kier alpha value is -1.12. The summed E-state index contributed by atoms with van der Waals surface area (Å²) in [7, 11) is -5.83. The Morgan fingerprint density at radius 2 is 1.60 bits per heavy atom. The highest BCUT2D eigenvalue weighted by Crippen LogP contribution is 2.71. The van der Waals surface area contributed by atoms with Crippen LogP contribution in [0.15, 0.2) is 0 Å². The van der Waals surface area contributed by atoms with Crippen molar-refractivity contribution in [2.45, 2.75) is 49.4 Å². The van der Waals surface area contributed by atoms with E-state index in [0.29, 0.717) is 12.8 Å². The molecule has 4 bridgehead atoms. The SMILES string of the molecule is O=C(OC(CS(=O)(=O)O)(C(F)(F)F)C(F)(F)F)C12CC3CC(C1)C1(OCCO1)C2C3. The standard InChI is InChI=1S/C16H18F6O7S/c17-15(18,19)13(16(20,21)22,7-30(24,25)26)29-11(23)12-5-8-3-9(6-12)14(10(12)4-8)27-1-2-28-14/h8-10H,1-7H2,(H,24,25,26). The van der Waals surface area contributed by atoms with Crippen molar-refractivity contribution in [2.24, 2.45) is 23.2 Å². The fraction of sp³-hybridized carbons (Fsp3) is 0.938. The molecule has 0 radical (unpaired) electrons. The molecule has 1 spiro atoms. The van der Waals surface area contributed by atoms with E-state index in [1.807, 2.05) is 0 Å². The van der Waals surface area contributed by atoms with Gasteiger partial charge in [-0.1, -0.05) is 0 Å². The van der Waals surface area contributed by atoms with Gasteiger partial charge in [0.2, 0.25) is 0 Å². The topological polar surface area (TPSA) is 99.1 Å². The van der Waals surface area contributed by atoms with Gasteiger partial charge in [0.05, 0.1) is 18.6 Å². The Balaban J connectivity index is 1.74. The molecule has 1 aliphatic heterocycles. The molecule has 1 N–H and O–H groups in total. The molecule has 4 aliphatic carbocycles. The number of carbonyl (C=O) groups is 1. The summed E-state index contributed by atoms with van der Waals surface area (Å²) >= 11 is 0. The van der Waals surface area contributed by atoms with Gasteiger partial charge >= 0.3 is 23.9 Å². The Morgan fingerprint density at radius 1 is 1.03 bits per heavy atom. The molecule has 14 heteroatoms. The molecule has 0 aromatic heterocycles. The zero-order valence-corrected chi connectivity index (χ0v) is 16.1. The first kappa shape index (κ1) is 22.1. The number of carbonyl (C=O) groups excluding carboxylic acids is 1. The van der Waals surface area contributed by atoms with Crippen molar-refractivity contribution in [1.29, 1.82) is 0 Å². The number of hydrogen-bond donors (Lipinski definition) is 1. The quantitative estimate of drug-likeness (QED) is 0.385. The van der Waals surface area contributed by atoms with Crippen LogP contribution in [0.5, 0.6) is 0 Å². The molecule has 4 saturated carbocycles. The lowest BCUT2D eigenvalue weighted by molar-refractivity contribution is -0.363. The molecule has 7 nitrogen and oxygen atoms in total. The third-order valence-electron chi connectivity index (χ3n) is 6.89. The second kappa shape index (κ2) is 6.23. The van der Waals surface area contributed by atoms with Crippen LogP contribution in [0, 0.1) is 23.2 Å². The van der Waals surface area contributed by atoms with E-state index in [-0.39, 0.29) is 32.0 Å². The molecule has 0 aromatic rings. The van der Waals surface area contributed by atoms with Crippen molar-refractivity contribution in [2.75, 3.05) is 19.0 Å². The van der Waals surface area contributed by atoms with Crippen LogP contribution in [0.4, 0.5) is 26.3 Å². The average molecular weight is 468 g/mol. The molecule has 4 atom stereocenters. The maximum atomic E-state index is 13.5. The van der Waals surface area contributed by atoms with Crippen LogP contribution in [0.1, 0.15) is 25.7 Å². The first-order valence-corrected chi connectivity index (χ1v) is 10.8. The van der Waals surface area contributed by atoms with Gasteiger partial charge in [0.25, 0.3) is 10.1 Å². The van der Waals surface area contributed by atoms with E-state index >= 15 is 0 Å². The average Bonchev–Trinajstić information content (AvgIpc) is 3.18. The summed E-state index contributed by atoms with van der Waals surface area (Å²) in [5.41, 5.74) is -7.11. The normalized spacial score (nSPS) is 35.4. The molecule has 1 saturated heterocycles. The molecule has 0 amide bonds. The largest absolute Gasteiger partial charge is 0.438 e. The molecule has 5 rings (SSSR count). The first-order chi connectivity index (χ1) is 13.6. The Morgan fingerprint density at radius 3 is 2.10 bits per heavy atom. The van der Waals surface area contributed by atoms with Crippen molar-refractivity contribution in [3.05, 3.63) is 0 Å². The van der Waals surface area contributed by atoms with Gasteiger partial charge in [-0.05, 0) is 31.6 Å². The van der Waals surface area contributed by atoms with E-state index in [4.69, 9.17) is 14.0 Å². The predicted molar refractivity (Wildman–Crippen MR) is 83.4 cm³/mol. The van der Waals surface area contributed by atoms with Gasteiger partial charge in [-0.3, -0.25) is 9.35 Å². The van der Waals surface area contributed by atoms with Crippen molar-refractivity contribution in [3.63, 3.8) is 0 Å². The highest BCUT2D eigenvalue weighted by atomic mass is 32.2. The molecule has 5 aliphatic rings. The highest BCUT2D eigenvalue weighted by molar-refractivity contribution is 7.85. The molecule has 30 heavy (non-hydrogen) atoms. The van der Waals surface area contributed by atoms with Gasteiger partial charge in [0, 0.05) is 11.8 Å². The lowest BCUT2D eigenvalue weighted by Crippen LogP contribution is -2.64. The van der Waals surface area contributed by atoms with Crippen LogP contribution < -0.4 is 0 Å². The van der Waals surface area contributed by atoms with Crippen LogP contribution in [-0.2, 0) is 29.1 Å². The van der Waals surface area contributed by atoms with E-state index < -0.39 is 62.8 Å². The maximum absolute atomic E-state index is 13.5. The third-order valence-corrected chi connectivity index (χ3v) is 7.66. The van der Waals surface area contributed by atoms with Gasteiger partial charge in [0.1, 0.15) is 5.75 Å². The summed E-state index contributed by atoms with van der Waals surface area (Å²) in [6.45, 7) is 0.362. The maximum Gasteiger partial charge on any atom is 0.438 e. The fourth-order valence-corrected chi connectivity index (χ4v) is 6.85. The smallest absolute Gasteiger partial charge is 0.438 e. The van der Waals surface area contributed by atoms with E-state index in [1.165, 1.54) is 0 Å². The lowest BCUT2D eigenvalue weighted by Gasteiger charge is -2.40. The minimum Gasteiger partial charge on any atom is -0.438 e. The van der Waals surface area contributed by atoms with Crippen LogP contribution in [-0.4, -0.2) is 61.6 Å². The predicted octanol–water partition coefficient (Wildman–Crippen LogP) is 2.46.